The van der Waals surface area contributed by atoms with Crippen LogP contribution in [-0.2, 0) is 0 Å². The molecule has 154 valence electrons. The Labute approximate surface area is 168 Å². The molecule has 3 fully saturated rings. The molecule has 4 heterocycles. The number of piperidine rings is 2. The van der Waals surface area contributed by atoms with Gasteiger partial charge in [-0.2, -0.15) is 0 Å². The third-order valence-electron chi connectivity index (χ3n) is 6.85. The summed E-state index contributed by atoms with van der Waals surface area (Å²) in [6.07, 6.45) is 8.51. The Kier molecular flexibility index (Phi) is 5.99. The zero-order chi connectivity index (χ0) is 19.5. The van der Waals surface area contributed by atoms with Crippen LogP contribution in [0.15, 0.2) is 12.3 Å². The lowest BCUT2D eigenvalue weighted by molar-refractivity contribution is 0.138. The zero-order valence-electron chi connectivity index (χ0n) is 17.3. The molecule has 0 radical (unpaired) electrons. The van der Waals surface area contributed by atoms with E-state index in [4.69, 9.17) is 4.98 Å². The number of anilines is 1. The van der Waals surface area contributed by atoms with E-state index >= 15 is 0 Å². The average Bonchev–Trinajstić information content (AvgIpc) is 3.27. The number of hydrogen-bond donors (Lipinski definition) is 1. The van der Waals surface area contributed by atoms with Gasteiger partial charge in [0.05, 0.1) is 0 Å². The van der Waals surface area contributed by atoms with Crippen LogP contribution in [0.5, 0.6) is 0 Å². The second-order valence-electron chi connectivity index (χ2n) is 8.65. The standard InChI is InChI=1S/C21H34N6O/c1-16-18(6-5-11-25(16)2)23-21(28)27-14-8-17(9-15-27)20-22-10-7-19(24-20)26-12-3-4-13-26/h7,10,16-18H,3-6,8-9,11-15H2,1-2H3,(H,23,28). The predicted molar refractivity (Wildman–Crippen MR) is 111 cm³/mol. The van der Waals surface area contributed by atoms with Crippen LogP contribution in [0.4, 0.5) is 10.6 Å². The molecule has 0 spiro atoms. The molecule has 2 atom stereocenters. The van der Waals surface area contributed by atoms with Crippen LogP contribution in [0.25, 0.3) is 0 Å². The van der Waals surface area contributed by atoms with Crippen LogP contribution in [0.3, 0.4) is 0 Å². The largest absolute Gasteiger partial charge is 0.357 e. The number of nitrogens with one attached hydrogen (secondary N) is 1. The van der Waals surface area contributed by atoms with E-state index in [1.807, 2.05) is 17.2 Å². The second-order valence-corrected chi connectivity index (χ2v) is 8.65. The number of likely N-dealkylation sites (N-methyl/N-ethyl adjacent to an activating group) is 1. The molecule has 3 aliphatic heterocycles. The summed E-state index contributed by atoms with van der Waals surface area (Å²) in [5.74, 6) is 2.37. The Bertz CT molecular complexity index is 669. The fraction of sp³-hybridized carbons (Fsp3) is 0.762. The first-order valence-electron chi connectivity index (χ1n) is 11.0. The van der Waals surface area contributed by atoms with Gasteiger partial charge in [0, 0.05) is 50.4 Å². The number of rotatable bonds is 3. The molecule has 7 nitrogen and oxygen atoms in total. The van der Waals surface area contributed by atoms with E-state index in [1.165, 1.54) is 12.8 Å². The van der Waals surface area contributed by atoms with E-state index in [2.05, 4.69) is 34.1 Å². The summed E-state index contributed by atoms with van der Waals surface area (Å²) >= 11 is 0. The lowest BCUT2D eigenvalue weighted by Gasteiger charge is -2.39. The topological polar surface area (TPSA) is 64.6 Å². The molecule has 1 aromatic heterocycles. The molecule has 0 bridgehead atoms. The van der Waals surface area contributed by atoms with Crippen LogP contribution < -0.4 is 10.2 Å². The molecule has 3 saturated heterocycles. The first-order chi connectivity index (χ1) is 13.6. The Morgan fingerprint density at radius 1 is 1.07 bits per heavy atom. The number of hydrogen-bond acceptors (Lipinski definition) is 5. The van der Waals surface area contributed by atoms with Crippen LogP contribution in [0.2, 0.25) is 0 Å². The molecule has 0 aromatic carbocycles. The van der Waals surface area contributed by atoms with Crippen LogP contribution in [-0.4, -0.2) is 77.7 Å². The van der Waals surface area contributed by atoms with Crippen molar-refractivity contribution in [3.63, 3.8) is 0 Å². The van der Waals surface area contributed by atoms with Crippen molar-refractivity contribution in [2.24, 2.45) is 0 Å². The van der Waals surface area contributed by atoms with Crippen molar-refractivity contribution in [3.8, 4) is 0 Å². The van der Waals surface area contributed by atoms with Gasteiger partial charge in [-0.25, -0.2) is 14.8 Å². The molecule has 1 aromatic rings. The van der Waals surface area contributed by atoms with Gasteiger partial charge in [0.2, 0.25) is 0 Å². The van der Waals surface area contributed by atoms with Gasteiger partial charge in [0.25, 0.3) is 0 Å². The third kappa shape index (κ3) is 4.24. The van der Waals surface area contributed by atoms with E-state index in [9.17, 15) is 4.79 Å². The fourth-order valence-electron chi connectivity index (χ4n) is 4.78. The number of amides is 2. The molecule has 1 N–H and O–H groups in total. The molecule has 7 heteroatoms. The van der Waals surface area contributed by atoms with Gasteiger partial charge in [-0.15, -0.1) is 0 Å². The Morgan fingerprint density at radius 3 is 2.57 bits per heavy atom. The van der Waals surface area contributed by atoms with Crippen LogP contribution >= 0.6 is 0 Å². The third-order valence-corrected chi connectivity index (χ3v) is 6.85. The van der Waals surface area contributed by atoms with Crippen molar-refractivity contribution in [2.75, 3.05) is 44.7 Å². The van der Waals surface area contributed by atoms with Gasteiger partial charge in [-0.05, 0) is 65.1 Å². The smallest absolute Gasteiger partial charge is 0.317 e. The molecule has 4 rings (SSSR count). The maximum absolute atomic E-state index is 12.7. The summed E-state index contributed by atoms with van der Waals surface area (Å²) in [4.78, 5) is 28.8. The van der Waals surface area contributed by atoms with Gasteiger partial charge < -0.3 is 20.0 Å². The maximum Gasteiger partial charge on any atom is 0.317 e. The number of aromatic nitrogens is 2. The number of urea groups is 1. The molecule has 3 aliphatic rings. The van der Waals surface area contributed by atoms with Gasteiger partial charge in [-0.3, -0.25) is 0 Å². The van der Waals surface area contributed by atoms with Crippen molar-refractivity contribution in [3.05, 3.63) is 18.1 Å². The van der Waals surface area contributed by atoms with E-state index in [0.29, 0.717) is 12.0 Å². The zero-order valence-corrected chi connectivity index (χ0v) is 17.3. The summed E-state index contributed by atoms with van der Waals surface area (Å²) in [7, 11) is 2.14. The monoisotopic (exact) mass is 386 g/mol. The second kappa shape index (κ2) is 8.64. The molecule has 28 heavy (non-hydrogen) atoms. The van der Waals surface area contributed by atoms with Gasteiger partial charge in [0.1, 0.15) is 11.6 Å². The summed E-state index contributed by atoms with van der Waals surface area (Å²) in [5, 5.41) is 3.28. The van der Waals surface area contributed by atoms with Crippen molar-refractivity contribution in [1.82, 2.24) is 25.1 Å². The Hall–Kier alpha value is -1.89. The summed E-state index contributed by atoms with van der Waals surface area (Å²) in [5.41, 5.74) is 0. The minimum Gasteiger partial charge on any atom is -0.357 e. The highest BCUT2D eigenvalue weighted by molar-refractivity contribution is 5.74. The van der Waals surface area contributed by atoms with E-state index in [1.54, 1.807) is 0 Å². The number of carbonyl (C=O) groups excluding carboxylic acids is 1. The van der Waals surface area contributed by atoms with Gasteiger partial charge >= 0.3 is 6.03 Å². The highest BCUT2D eigenvalue weighted by Gasteiger charge is 2.30. The molecule has 0 aliphatic carbocycles. The van der Waals surface area contributed by atoms with Gasteiger partial charge in [0.15, 0.2) is 0 Å². The summed E-state index contributed by atoms with van der Waals surface area (Å²) in [6.45, 7) is 7.10. The average molecular weight is 387 g/mol. The lowest BCUT2D eigenvalue weighted by atomic mass is 9.95. The SMILES string of the molecule is CC1C(NC(=O)N2CCC(c3nccc(N4CCCC4)n3)CC2)CCCN1C. The minimum absolute atomic E-state index is 0.0948. The van der Waals surface area contributed by atoms with E-state index in [0.717, 1.165) is 70.0 Å². The number of nitrogens with zero attached hydrogens (tertiary/aromatic N) is 5. The normalized spacial score (nSPS) is 27.2. The Balaban J connectivity index is 1.31. The van der Waals surface area contributed by atoms with Crippen LogP contribution in [0.1, 0.15) is 57.2 Å². The fourth-order valence-corrected chi connectivity index (χ4v) is 4.78. The highest BCUT2D eigenvalue weighted by atomic mass is 16.2. The summed E-state index contributed by atoms with van der Waals surface area (Å²) in [6, 6.07) is 2.78. The maximum atomic E-state index is 12.7. The van der Waals surface area contributed by atoms with Crippen molar-refractivity contribution < 1.29 is 4.79 Å². The molecule has 2 amide bonds. The van der Waals surface area contributed by atoms with Crippen molar-refractivity contribution in [2.45, 2.75) is 63.5 Å². The predicted octanol–water partition coefficient (Wildman–Crippen LogP) is 2.45. The van der Waals surface area contributed by atoms with Crippen molar-refractivity contribution in [1.29, 1.82) is 0 Å². The number of likely N-dealkylation sites (tertiary alicyclic amines) is 2. The van der Waals surface area contributed by atoms with Crippen LogP contribution in [0, 0.1) is 0 Å². The number of carbonyl (C=O) groups is 1. The van der Waals surface area contributed by atoms with Crippen molar-refractivity contribution >= 4 is 11.8 Å². The van der Waals surface area contributed by atoms with E-state index in [-0.39, 0.29) is 12.1 Å². The molecular weight excluding hydrogens is 352 g/mol. The summed E-state index contributed by atoms with van der Waals surface area (Å²) < 4.78 is 0. The molecular formula is C21H34N6O. The lowest BCUT2D eigenvalue weighted by Crippen LogP contribution is -2.56. The minimum atomic E-state index is 0.0948. The Morgan fingerprint density at radius 2 is 1.82 bits per heavy atom. The highest BCUT2D eigenvalue weighted by Crippen LogP contribution is 2.27. The quantitative estimate of drug-likeness (QED) is 0.864. The molecule has 0 saturated carbocycles. The first kappa shape index (κ1) is 19.4. The first-order valence-corrected chi connectivity index (χ1v) is 11.0. The van der Waals surface area contributed by atoms with E-state index < -0.39 is 0 Å². The van der Waals surface area contributed by atoms with Gasteiger partial charge in [-0.1, -0.05) is 0 Å². The molecule has 2 unspecified atom stereocenters.